The van der Waals surface area contributed by atoms with Gasteiger partial charge in [0, 0.05) is 11.6 Å². The Morgan fingerprint density at radius 3 is 2.69 bits per heavy atom. The highest BCUT2D eigenvalue weighted by molar-refractivity contribution is 4.94. The van der Waals surface area contributed by atoms with E-state index in [1.807, 2.05) is 0 Å². The molecule has 13 heavy (non-hydrogen) atoms. The summed E-state index contributed by atoms with van der Waals surface area (Å²) in [5.41, 5.74) is -0.230. The molecular weight excluding hydrogens is 166 g/mol. The van der Waals surface area contributed by atoms with Crippen LogP contribution in [0.1, 0.15) is 39.5 Å². The van der Waals surface area contributed by atoms with Gasteiger partial charge in [-0.05, 0) is 25.7 Å². The summed E-state index contributed by atoms with van der Waals surface area (Å²) in [4.78, 5) is 0. The second-order valence-electron chi connectivity index (χ2n) is 4.49. The summed E-state index contributed by atoms with van der Waals surface area (Å²) >= 11 is 0. The summed E-state index contributed by atoms with van der Waals surface area (Å²) in [6.07, 6.45) is 3.29. The van der Waals surface area contributed by atoms with E-state index >= 15 is 0 Å². The topological polar surface area (TPSA) is 52.5 Å². The zero-order valence-corrected chi connectivity index (χ0v) is 8.58. The molecule has 1 rings (SSSR count). The molecule has 0 aliphatic heterocycles. The lowest BCUT2D eigenvalue weighted by molar-refractivity contribution is 0.0339. The molecule has 0 amide bonds. The zero-order chi connectivity index (χ0) is 9.90. The number of rotatable bonds is 3. The van der Waals surface area contributed by atoms with E-state index in [2.05, 4.69) is 19.2 Å². The van der Waals surface area contributed by atoms with Gasteiger partial charge in [-0.3, -0.25) is 0 Å². The fraction of sp³-hybridized carbons (Fsp3) is 1.00. The van der Waals surface area contributed by atoms with E-state index in [9.17, 15) is 10.2 Å². The van der Waals surface area contributed by atoms with Gasteiger partial charge in [-0.1, -0.05) is 13.8 Å². The third kappa shape index (κ3) is 2.93. The lowest BCUT2D eigenvalue weighted by Crippen LogP contribution is -2.55. The standard InChI is InChI=1S/C10H21NO2/c1-8(2)11-10(7-12)5-3-4-9(13)6-10/h8-9,11-13H,3-7H2,1-2H3. The van der Waals surface area contributed by atoms with Crippen LogP contribution in [0, 0.1) is 0 Å². The average molecular weight is 187 g/mol. The maximum absolute atomic E-state index is 9.54. The van der Waals surface area contributed by atoms with Crippen molar-refractivity contribution in [1.29, 1.82) is 0 Å². The molecule has 0 saturated heterocycles. The molecule has 1 aliphatic rings. The summed E-state index contributed by atoms with van der Waals surface area (Å²) in [6, 6.07) is 0.359. The van der Waals surface area contributed by atoms with E-state index in [1.165, 1.54) is 0 Å². The van der Waals surface area contributed by atoms with E-state index in [4.69, 9.17) is 0 Å². The van der Waals surface area contributed by atoms with Crippen LogP contribution in [-0.4, -0.2) is 34.5 Å². The van der Waals surface area contributed by atoms with Gasteiger partial charge in [0.2, 0.25) is 0 Å². The highest BCUT2D eigenvalue weighted by Gasteiger charge is 2.35. The van der Waals surface area contributed by atoms with Gasteiger partial charge in [-0.15, -0.1) is 0 Å². The predicted octanol–water partition coefficient (Wildman–Crippen LogP) is 0.650. The first-order valence-corrected chi connectivity index (χ1v) is 5.14. The molecule has 1 aliphatic carbocycles. The minimum atomic E-state index is -0.243. The molecule has 0 heterocycles. The molecule has 2 unspecified atom stereocenters. The molecule has 1 fully saturated rings. The molecular formula is C10H21NO2. The Kier molecular flexibility index (Phi) is 3.71. The van der Waals surface area contributed by atoms with Crippen LogP contribution in [0.3, 0.4) is 0 Å². The molecule has 0 radical (unpaired) electrons. The maximum atomic E-state index is 9.54. The van der Waals surface area contributed by atoms with Gasteiger partial charge in [-0.2, -0.15) is 0 Å². The Balaban J connectivity index is 2.56. The molecule has 0 aromatic heterocycles. The van der Waals surface area contributed by atoms with Crippen molar-refractivity contribution in [2.45, 2.75) is 57.2 Å². The first-order valence-electron chi connectivity index (χ1n) is 5.14. The summed E-state index contributed by atoms with van der Waals surface area (Å²) in [7, 11) is 0. The van der Waals surface area contributed by atoms with Crippen molar-refractivity contribution in [2.75, 3.05) is 6.61 Å². The molecule has 78 valence electrons. The van der Waals surface area contributed by atoms with E-state index in [1.54, 1.807) is 0 Å². The van der Waals surface area contributed by atoms with Crippen LogP contribution in [0.5, 0.6) is 0 Å². The van der Waals surface area contributed by atoms with Crippen LogP contribution in [-0.2, 0) is 0 Å². The Bertz CT molecular complexity index is 157. The highest BCUT2D eigenvalue weighted by atomic mass is 16.3. The Morgan fingerprint density at radius 1 is 1.54 bits per heavy atom. The average Bonchev–Trinajstić information content (AvgIpc) is 2.03. The van der Waals surface area contributed by atoms with Crippen LogP contribution in [0.25, 0.3) is 0 Å². The van der Waals surface area contributed by atoms with E-state index < -0.39 is 0 Å². The summed E-state index contributed by atoms with van der Waals surface area (Å²) < 4.78 is 0. The van der Waals surface area contributed by atoms with Crippen molar-refractivity contribution in [2.24, 2.45) is 0 Å². The lowest BCUT2D eigenvalue weighted by Gasteiger charge is -2.40. The molecule has 0 bridgehead atoms. The molecule has 3 nitrogen and oxygen atoms in total. The number of nitrogens with one attached hydrogen (secondary N) is 1. The third-order valence-corrected chi connectivity index (χ3v) is 2.72. The van der Waals surface area contributed by atoms with Crippen molar-refractivity contribution in [3.05, 3.63) is 0 Å². The van der Waals surface area contributed by atoms with Crippen LogP contribution < -0.4 is 5.32 Å². The van der Waals surface area contributed by atoms with Crippen LogP contribution in [0.4, 0.5) is 0 Å². The normalized spacial score (nSPS) is 35.3. The number of hydrogen-bond acceptors (Lipinski definition) is 3. The summed E-state index contributed by atoms with van der Waals surface area (Å²) in [5, 5.41) is 22.2. The van der Waals surface area contributed by atoms with E-state index in [0.29, 0.717) is 12.5 Å². The fourth-order valence-corrected chi connectivity index (χ4v) is 2.26. The predicted molar refractivity (Wildman–Crippen MR) is 52.6 cm³/mol. The smallest absolute Gasteiger partial charge is 0.0614 e. The van der Waals surface area contributed by atoms with Gasteiger partial charge >= 0.3 is 0 Å². The van der Waals surface area contributed by atoms with Crippen LogP contribution in [0.15, 0.2) is 0 Å². The SMILES string of the molecule is CC(C)NC1(CO)CCCC(O)C1. The first-order chi connectivity index (χ1) is 6.08. The van der Waals surface area contributed by atoms with Gasteiger partial charge in [0.05, 0.1) is 12.7 Å². The third-order valence-electron chi connectivity index (χ3n) is 2.72. The summed E-state index contributed by atoms with van der Waals surface area (Å²) in [5.74, 6) is 0. The van der Waals surface area contributed by atoms with E-state index in [0.717, 1.165) is 19.3 Å². The van der Waals surface area contributed by atoms with Crippen molar-refractivity contribution in [1.82, 2.24) is 5.32 Å². The number of hydrogen-bond donors (Lipinski definition) is 3. The maximum Gasteiger partial charge on any atom is 0.0614 e. The minimum absolute atomic E-state index is 0.127. The van der Waals surface area contributed by atoms with Gasteiger partial charge in [0.1, 0.15) is 0 Å². The Morgan fingerprint density at radius 2 is 2.23 bits per heavy atom. The van der Waals surface area contributed by atoms with Crippen LogP contribution in [0.2, 0.25) is 0 Å². The number of aliphatic hydroxyl groups is 2. The fourth-order valence-electron chi connectivity index (χ4n) is 2.26. The van der Waals surface area contributed by atoms with Crippen molar-refractivity contribution < 1.29 is 10.2 Å². The van der Waals surface area contributed by atoms with Gasteiger partial charge < -0.3 is 15.5 Å². The largest absolute Gasteiger partial charge is 0.394 e. The minimum Gasteiger partial charge on any atom is -0.394 e. The molecule has 1 saturated carbocycles. The zero-order valence-electron chi connectivity index (χ0n) is 8.58. The monoisotopic (exact) mass is 187 g/mol. The lowest BCUT2D eigenvalue weighted by atomic mass is 9.80. The first kappa shape index (κ1) is 11.0. The summed E-state index contributed by atoms with van der Waals surface area (Å²) in [6.45, 7) is 4.26. The Labute approximate surface area is 80.2 Å². The van der Waals surface area contributed by atoms with Crippen LogP contribution >= 0.6 is 0 Å². The van der Waals surface area contributed by atoms with Crippen molar-refractivity contribution >= 4 is 0 Å². The molecule has 2 atom stereocenters. The van der Waals surface area contributed by atoms with Crippen molar-refractivity contribution in [3.8, 4) is 0 Å². The molecule has 3 N–H and O–H groups in total. The molecule has 0 aromatic carbocycles. The molecule has 0 aromatic rings. The Hall–Kier alpha value is -0.120. The second-order valence-corrected chi connectivity index (χ2v) is 4.49. The molecule has 3 heteroatoms. The highest BCUT2D eigenvalue weighted by Crippen LogP contribution is 2.28. The number of aliphatic hydroxyl groups excluding tert-OH is 2. The quantitative estimate of drug-likeness (QED) is 0.608. The second kappa shape index (κ2) is 4.40. The van der Waals surface area contributed by atoms with Gasteiger partial charge in [0.15, 0.2) is 0 Å². The molecule has 0 spiro atoms. The van der Waals surface area contributed by atoms with Gasteiger partial charge in [-0.25, -0.2) is 0 Å². The van der Waals surface area contributed by atoms with Gasteiger partial charge in [0.25, 0.3) is 0 Å². The van der Waals surface area contributed by atoms with E-state index in [-0.39, 0.29) is 18.2 Å². The van der Waals surface area contributed by atoms with Crippen molar-refractivity contribution in [3.63, 3.8) is 0 Å².